The number of carbonyl (C=O) groups excluding carboxylic acids is 2. The lowest BCUT2D eigenvalue weighted by Gasteiger charge is -2.05. The molecule has 1 aromatic heterocycles. The van der Waals surface area contributed by atoms with Crippen LogP contribution in [0.2, 0.25) is 5.02 Å². The topological polar surface area (TPSA) is 73.2 Å². The van der Waals surface area contributed by atoms with Gasteiger partial charge >= 0.3 is 5.97 Å². The number of amides is 1. The van der Waals surface area contributed by atoms with Crippen LogP contribution in [0.15, 0.2) is 73.4 Å². The Morgan fingerprint density at radius 3 is 2.54 bits per heavy atom. The van der Waals surface area contributed by atoms with Gasteiger partial charge in [0.05, 0.1) is 5.69 Å². The summed E-state index contributed by atoms with van der Waals surface area (Å²) >= 11 is 5.96. The number of ether oxygens (including phenoxy) is 1. The van der Waals surface area contributed by atoms with Gasteiger partial charge in [0, 0.05) is 23.3 Å². The molecule has 0 unspecified atom stereocenters. The van der Waals surface area contributed by atoms with Crippen LogP contribution < -0.4 is 5.32 Å². The number of benzene rings is 2. The van der Waals surface area contributed by atoms with Gasteiger partial charge in [-0.3, -0.25) is 4.79 Å². The van der Waals surface area contributed by atoms with Crippen LogP contribution >= 0.6 is 11.6 Å². The summed E-state index contributed by atoms with van der Waals surface area (Å²) < 4.78 is 6.75. The van der Waals surface area contributed by atoms with Gasteiger partial charge in [-0.2, -0.15) is 5.10 Å². The fraction of sp³-hybridized carbons (Fsp3) is 0.0952. The minimum Gasteiger partial charge on any atom is -0.452 e. The first-order valence-electron chi connectivity index (χ1n) is 8.54. The van der Waals surface area contributed by atoms with Gasteiger partial charge < -0.3 is 10.1 Å². The molecular formula is C21H18ClN3O3. The molecule has 0 atom stereocenters. The molecule has 0 aliphatic carbocycles. The largest absolute Gasteiger partial charge is 0.452 e. The number of hydrogen-bond acceptors (Lipinski definition) is 4. The number of rotatable bonds is 7. The predicted octanol–water partition coefficient (Wildman–Crippen LogP) is 3.65. The summed E-state index contributed by atoms with van der Waals surface area (Å²) in [6, 6.07) is 16.4. The van der Waals surface area contributed by atoms with Gasteiger partial charge in [0.25, 0.3) is 5.91 Å². The van der Waals surface area contributed by atoms with E-state index < -0.39 is 11.9 Å². The van der Waals surface area contributed by atoms with Gasteiger partial charge in [0.15, 0.2) is 6.61 Å². The highest BCUT2D eigenvalue weighted by atomic mass is 35.5. The number of halogens is 1. The lowest BCUT2D eigenvalue weighted by atomic mass is 10.1. The number of hydrogen-bond donors (Lipinski definition) is 1. The Kier molecular flexibility index (Phi) is 6.24. The Labute approximate surface area is 167 Å². The van der Waals surface area contributed by atoms with Crippen molar-refractivity contribution in [1.82, 2.24) is 15.1 Å². The lowest BCUT2D eigenvalue weighted by molar-refractivity contribution is -0.124. The molecule has 0 fully saturated rings. The summed E-state index contributed by atoms with van der Waals surface area (Å²) in [5, 5.41) is 7.67. The first-order chi connectivity index (χ1) is 13.6. The molecule has 6 nitrogen and oxygen atoms in total. The van der Waals surface area contributed by atoms with Crippen LogP contribution in [-0.4, -0.2) is 34.8 Å². The van der Waals surface area contributed by atoms with E-state index in [9.17, 15) is 9.59 Å². The standard InChI is InChI=1S/C21H18ClN3O3/c1-2-12-23-19(26)14-28-21(27)18-13-25(17-6-4-3-5-7-17)24-20(18)15-8-10-16(22)11-9-15/h2-11,13H,1,12,14H2,(H,23,26). The van der Waals surface area contributed by atoms with Crippen molar-refractivity contribution in [3.05, 3.63) is 84.0 Å². The first kappa shape index (κ1) is 19.4. The third-order valence-electron chi connectivity index (χ3n) is 3.85. The summed E-state index contributed by atoms with van der Waals surface area (Å²) in [5.41, 5.74) is 2.20. The molecule has 2 aromatic carbocycles. The number of nitrogens with one attached hydrogen (secondary N) is 1. The SMILES string of the molecule is C=CCNC(=O)COC(=O)c1cn(-c2ccccc2)nc1-c1ccc(Cl)cc1. The van der Waals surface area contributed by atoms with Crippen molar-refractivity contribution in [2.75, 3.05) is 13.2 Å². The molecule has 142 valence electrons. The first-order valence-corrected chi connectivity index (χ1v) is 8.92. The summed E-state index contributed by atoms with van der Waals surface area (Å²) in [6.45, 7) is 3.43. The van der Waals surface area contributed by atoms with Crippen LogP contribution in [0.4, 0.5) is 0 Å². The van der Waals surface area contributed by atoms with Crippen LogP contribution in [-0.2, 0) is 9.53 Å². The van der Waals surface area contributed by atoms with E-state index in [4.69, 9.17) is 16.3 Å². The van der Waals surface area contributed by atoms with Crippen LogP contribution in [0, 0.1) is 0 Å². The molecule has 0 bridgehead atoms. The monoisotopic (exact) mass is 395 g/mol. The van der Waals surface area contributed by atoms with Crippen molar-refractivity contribution in [2.45, 2.75) is 0 Å². The number of nitrogens with zero attached hydrogens (tertiary/aromatic N) is 2. The minimum atomic E-state index is -0.638. The van der Waals surface area contributed by atoms with E-state index >= 15 is 0 Å². The molecule has 1 amide bonds. The Morgan fingerprint density at radius 1 is 1.14 bits per heavy atom. The van der Waals surface area contributed by atoms with Gasteiger partial charge in [0.1, 0.15) is 11.3 Å². The normalized spacial score (nSPS) is 10.3. The number of aromatic nitrogens is 2. The molecule has 0 saturated carbocycles. The van der Waals surface area contributed by atoms with E-state index in [2.05, 4.69) is 17.0 Å². The predicted molar refractivity (Wildman–Crippen MR) is 107 cm³/mol. The maximum atomic E-state index is 12.6. The average molecular weight is 396 g/mol. The molecule has 1 N–H and O–H groups in total. The van der Waals surface area contributed by atoms with Crippen LogP contribution in [0.1, 0.15) is 10.4 Å². The van der Waals surface area contributed by atoms with E-state index in [-0.39, 0.29) is 12.2 Å². The summed E-state index contributed by atoms with van der Waals surface area (Å²) in [7, 11) is 0. The Hall–Kier alpha value is -3.38. The zero-order valence-electron chi connectivity index (χ0n) is 15.0. The van der Waals surface area contributed by atoms with Crippen LogP contribution in [0.25, 0.3) is 16.9 Å². The van der Waals surface area contributed by atoms with E-state index in [0.29, 0.717) is 22.8 Å². The van der Waals surface area contributed by atoms with Gasteiger partial charge in [-0.1, -0.05) is 48.0 Å². The molecule has 7 heteroatoms. The Morgan fingerprint density at radius 2 is 1.86 bits per heavy atom. The van der Waals surface area contributed by atoms with Crippen molar-refractivity contribution in [1.29, 1.82) is 0 Å². The van der Waals surface area contributed by atoms with E-state index in [1.54, 1.807) is 41.2 Å². The smallest absolute Gasteiger partial charge is 0.342 e. The zero-order valence-corrected chi connectivity index (χ0v) is 15.7. The second-order valence-electron chi connectivity index (χ2n) is 5.85. The highest BCUT2D eigenvalue weighted by Crippen LogP contribution is 2.25. The van der Waals surface area contributed by atoms with Crippen LogP contribution in [0.3, 0.4) is 0 Å². The summed E-state index contributed by atoms with van der Waals surface area (Å²) in [6.07, 6.45) is 3.13. The second-order valence-corrected chi connectivity index (χ2v) is 6.28. The average Bonchev–Trinajstić information content (AvgIpc) is 3.17. The maximum Gasteiger partial charge on any atom is 0.342 e. The van der Waals surface area contributed by atoms with E-state index in [0.717, 1.165) is 5.69 Å². The second kappa shape index (κ2) is 9.01. The third-order valence-corrected chi connectivity index (χ3v) is 4.10. The van der Waals surface area contributed by atoms with Crippen molar-refractivity contribution in [3.8, 4) is 16.9 Å². The number of carbonyl (C=O) groups is 2. The summed E-state index contributed by atoms with van der Waals surface area (Å²) in [5.74, 6) is -1.04. The molecule has 0 aliphatic rings. The molecule has 3 rings (SSSR count). The van der Waals surface area contributed by atoms with Gasteiger partial charge in [-0.25, -0.2) is 9.48 Å². The van der Waals surface area contributed by atoms with Gasteiger partial charge in [0.2, 0.25) is 0 Å². The third kappa shape index (κ3) is 4.66. The molecule has 0 radical (unpaired) electrons. The molecule has 28 heavy (non-hydrogen) atoms. The van der Waals surface area contributed by atoms with Gasteiger partial charge in [-0.05, 0) is 24.3 Å². The van der Waals surface area contributed by atoms with Crippen molar-refractivity contribution in [3.63, 3.8) is 0 Å². The lowest BCUT2D eigenvalue weighted by Crippen LogP contribution is -2.28. The van der Waals surface area contributed by atoms with Crippen LogP contribution in [0.5, 0.6) is 0 Å². The Balaban J connectivity index is 1.90. The highest BCUT2D eigenvalue weighted by molar-refractivity contribution is 6.30. The molecule has 0 aliphatic heterocycles. The van der Waals surface area contributed by atoms with Gasteiger partial charge in [-0.15, -0.1) is 6.58 Å². The van der Waals surface area contributed by atoms with Crippen molar-refractivity contribution < 1.29 is 14.3 Å². The molecular weight excluding hydrogens is 378 g/mol. The minimum absolute atomic E-state index is 0.252. The molecule has 0 saturated heterocycles. The highest BCUT2D eigenvalue weighted by Gasteiger charge is 2.20. The quantitative estimate of drug-likeness (QED) is 0.489. The maximum absolute atomic E-state index is 12.6. The number of esters is 1. The zero-order chi connectivity index (χ0) is 19.9. The fourth-order valence-corrected chi connectivity index (χ4v) is 2.63. The molecule has 0 spiro atoms. The molecule has 3 aromatic rings. The summed E-state index contributed by atoms with van der Waals surface area (Å²) in [4.78, 5) is 24.3. The fourth-order valence-electron chi connectivity index (χ4n) is 2.50. The Bertz CT molecular complexity index is 982. The van der Waals surface area contributed by atoms with Crippen molar-refractivity contribution >= 4 is 23.5 Å². The van der Waals surface area contributed by atoms with Crippen molar-refractivity contribution in [2.24, 2.45) is 0 Å². The van der Waals surface area contributed by atoms with E-state index in [1.165, 1.54) is 0 Å². The van der Waals surface area contributed by atoms with E-state index in [1.807, 2.05) is 30.3 Å². The number of para-hydroxylation sites is 1. The molecule has 1 heterocycles.